The van der Waals surface area contributed by atoms with Gasteiger partial charge in [0, 0.05) is 21.6 Å². The van der Waals surface area contributed by atoms with Crippen LogP contribution < -0.4 is 0 Å². The third-order valence-corrected chi connectivity index (χ3v) is 4.68. The Balaban J connectivity index is 1.94. The van der Waals surface area contributed by atoms with Crippen LogP contribution >= 0.6 is 15.9 Å². The second-order valence-electron chi connectivity index (χ2n) is 5.65. The highest BCUT2D eigenvalue weighted by Crippen LogP contribution is 2.31. The first-order valence-electron chi connectivity index (χ1n) is 7.69. The summed E-state index contributed by atoms with van der Waals surface area (Å²) in [7, 11) is 0. The minimum absolute atomic E-state index is 0.177. The molecule has 0 radical (unpaired) electrons. The molecule has 112 valence electrons. The van der Waals surface area contributed by atoms with E-state index in [0.717, 1.165) is 4.47 Å². The van der Waals surface area contributed by atoms with Gasteiger partial charge in [0.25, 0.3) is 0 Å². The molecular weight excluding hydrogens is 346 g/mol. The third-order valence-electron chi connectivity index (χ3n) is 4.19. The fourth-order valence-electron chi connectivity index (χ4n) is 3.14. The molecule has 2 heteroatoms. The van der Waals surface area contributed by atoms with Gasteiger partial charge in [0.1, 0.15) is 0 Å². The Kier molecular flexibility index (Phi) is 3.76. The maximum Gasteiger partial charge on any atom is 0.0839 e. The average Bonchev–Trinajstić information content (AvgIpc) is 3.00. The van der Waals surface area contributed by atoms with Crippen LogP contribution in [0.2, 0.25) is 0 Å². The highest BCUT2D eigenvalue weighted by Gasteiger charge is 2.17. The predicted octanol–water partition coefficient (Wildman–Crippen LogP) is 6.04. The van der Waals surface area contributed by atoms with Crippen molar-refractivity contribution < 1.29 is 0 Å². The van der Waals surface area contributed by atoms with Crippen molar-refractivity contribution in [3.63, 3.8) is 0 Å². The Morgan fingerprint density at radius 2 is 1.30 bits per heavy atom. The SMILES string of the molecule is Brc1ccc2c(ccn2C(c2ccccc2)c2ccccc2)c1. The first-order valence-corrected chi connectivity index (χ1v) is 8.48. The highest BCUT2D eigenvalue weighted by molar-refractivity contribution is 9.10. The van der Waals surface area contributed by atoms with E-state index in [2.05, 4.69) is 112 Å². The van der Waals surface area contributed by atoms with Crippen molar-refractivity contribution in [2.75, 3.05) is 0 Å². The lowest BCUT2D eigenvalue weighted by Crippen LogP contribution is -2.11. The van der Waals surface area contributed by atoms with Gasteiger partial charge in [-0.15, -0.1) is 0 Å². The number of aromatic nitrogens is 1. The summed E-state index contributed by atoms with van der Waals surface area (Å²) in [6, 6.07) is 30.1. The fourth-order valence-corrected chi connectivity index (χ4v) is 3.52. The first-order chi connectivity index (χ1) is 11.3. The van der Waals surface area contributed by atoms with Gasteiger partial charge in [-0.1, -0.05) is 76.6 Å². The fraction of sp³-hybridized carbons (Fsp3) is 0.0476. The summed E-state index contributed by atoms with van der Waals surface area (Å²) < 4.78 is 3.46. The Labute approximate surface area is 144 Å². The van der Waals surface area contributed by atoms with Crippen molar-refractivity contribution >= 4 is 26.8 Å². The van der Waals surface area contributed by atoms with Crippen molar-refractivity contribution in [1.29, 1.82) is 0 Å². The second-order valence-corrected chi connectivity index (χ2v) is 6.57. The van der Waals surface area contributed by atoms with E-state index in [1.165, 1.54) is 22.0 Å². The molecule has 0 unspecified atom stereocenters. The van der Waals surface area contributed by atoms with Crippen molar-refractivity contribution in [3.05, 3.63) is 107 Å². The minimum atomic E-state index is 0.177. The maximum atomic E-state index is 3.56. The van der Waals surface area contributed by atoms with Gasteiger partial charge in [0.05, 0.1) is 6.04 Å². The van der Waals surface area contributed by atoms with Crippen molar-refractivity contribution in [2.45, 2.75) is 6.04 Å². The Hall–Kier alpha value is -2.32. The van der Waals surface area contributed by atoms with Crippen molar-refractivity contribution in [1.82, 2.24) is 4.57 Å². The van der Waals surface area contributed by atoms with Gasteiger partial charge in [-0.2, -0.15) is 0 Å². The van der Waals surface area contributed by atoms with Gasteiger partial charge >= 0.3 is 0 Å². The zero-order valence-electron chi connectivity index (χ0n) is 12.6. The van der Waals surface area contributed by atoms with Crippen LogP contribution in [0.3, 0.4) is 0 Å². The quantitative estimate of drug-likeness (QED) is 0.419. The molecule has 1 nitrogen and oxygen atoms in total. The molecule has 0 amide bonds. The van der Waals surface area contributed by atoms with E-state index in [4.69, 9.17) is 0 Å². The molecule has 0 aliphatic rings. The number of halogens is 1. The molecule has 4 rings (SSSR count). The molecule has 1 aromatic heterocycles. The van der Waals surface area contributed by atoms with Crippen LogP contribution in [0.5, 0.6) is 0 Å². The van der Waals surface area contributed by atoms with E-state index in [1.807, 2.05) is 0 Å². The lowest BCUT2D eigenvalue weighted by Gasteiger charge is -2.21. The summed E-state index contributed by atoms with van der Waals surface area (Å²) in [5.74, 6) is 0. The molecule has 23 heavy (non-hydrogen) atoms. The van der Waals surface area contributed by atoms with Gasteiger partial charge in [-0.3, -0.25) is 0 Å². The second kappa shape index (κ2) is 6.05. The van der Waals surface area contributed by atoms with Gasteiger partial charge < -0.3 is 4.57 Å². The van der Waals surface area contributed by atoms with Gasteiger partial charge in [-0.05, 0) is 35.4 Å². The molecule has 0 fully saturated rings. The maximum absolute atomic E-state index is 3.56. The molecule has 0 aliphatic carbocycles. The largest absolute Gasteiger partial charge is 0.336 e. The zero-order chi connectivity index (χ0) is 15.6. The van der Waals surface area contributed by atoms with Crippen LogP contribution in [0.4, 0.5) is 0 Å². The molecule has 4 aromatic rings. The number of hydrogen-bond acceptors (Lipinski definition) is 0. The molecule has 1 heterocycles. The lowest BCUT2D eigenvalue weighted by molar-refractivity contribution is 0.705. The Morgan fingerprint density at radius 3 is 1.91 bits per heavy atom. The number of hydrogen-bond donors (Lipinski definition) is 0. The molecule has 3 aromatic carbocycles. The van der Waals surface area contributed by atoms with E-state index in [1.54, 1.807) is 0 Å². The van der Waals surface area contributed by atoms with E-state index in [9.17, 15) is 0 Å². The standard InChI is InChI=1S/C21H16BrN/c22-19-11-12-20-18(15-19)13-14-23(20)21(16-7-3-1-4-8-16)17-9-5-2-6-10-17/h1-15,21H. The smallest absolute Gasteiger partial charge is 0.0839 e. The summed E-state index contributed by atoms with van der Waals surface area (Å²) in [5, 5.41) is 1.25. The van der Waals surface area contributed by atoms with E-state index in [0.29, 0.717) is 0 Å². The molecule has 0 N–H and O–H groups in total. The van der Waals surface area contributed by atoms with Crippen LogP contribution in [0.15, 0.2) is 95.6 Å². The minimum Gasteiger partial charge on any atom is -0.336 e. The third kappa shape index (κ3) is 2.71. The molecule has 0 saturated carbocycles. The van der Waals surface area contributed by atoms with Crippen LogP contribution in [-0.2, 0) is 0 Å². The van der Waals surface area contributed by atoms with E-state index < -0.39 is 0 Å². The summed E-state index contributed by atoms with van der Waals surface area (Å²) in [5.41, 5.74) is 3.82. The van der Waals surface area contributed by atoms with E-state index >= 15 is 0 Å². The van der Waals surface area contributed by atoms with Gasteiger partial charge in [0.15, 0.2) is 0 Å². The lowest BCUT2D eigenvalue weighted by atomic mass is 9.98. The number of benzene rings is 3. The number of fused-ring (bicyclic) bond motifs is 1. The van der Waals surface area contributed by atoms with Crippen LogP contribution in [-0.4, -0.2) is 4.57 Å². The molecular formula is C21H16BrN. The molecule has 0 spiro atoms. The highest BCUT2D eigenvalue weighted by atomic mass is 79.9. The van der Waals surface area contributed by atoms with Crippen molar-refractivity contribution in [2.24, 2.45) is 0 Å². The summed E-state index contributed by atoms with van der Waals surface area (Å²) in [4.78, 5) is 0. The molecule has 0 saturated heterocycles. The first kappa shape index (κ1) is 14.3. The summed E-state index contributed by atoms with van der Waals surface area (Å²) in [6.45, 7) is 0. The monoisotopic (exact) mass is 361 g/mol. The van der Waals surface area contributed by atoms with Gasteiger partial charge in [0.2, 0.25) is 0 Å². The number of rotatable bonds is 3. The van der Waals surface area contributed by atoms with Crippen LogP contribution in [0.1, 0.15) is 17.2 Å². The van der Waals surface area contributed by atoms with Crippen molar-refractivity contribution in [3.8, 4) is 0 Å². The summed E-state index contributed by atoms with van der Waals surface area (Å²) >= 11 is 3.56. The predicted molar refractivity (Wildman–Crippen MR) is 99.8 cm³/mol. The molecule has 0 aliphatic heterocycles. The Morgan fingerprint density at radius 1 is 0.696 bits per heavy atom. The summed E-state index contributed by atoms with van der Waals surface area (Å²) in [6.07, 6.45) is 2.18. The van der Waals surface area contributed by atoms with Gasteiger partial charge in [-0.25, -0.2) is 0 Å². The van der Waals surface area contributed by atoms with Crippen LogP contribution in [0, 0.1) is 0 Å². The molecule has 0 atom stereocenters. The van der Waals surface area contributed by atoms with E-state index in [-0.39, 0.29) is 6.04 Å². The molecule has 0 bridgehead atoms. The average molecular weight is 362 g/mol. The normalized spacial score (nSPS) is 11.2. The zero-order valence-corrected chi connectivity index (χ0v) is 14.1. The van der Waals surface area contributed by atoms with Crippen LogP contribution in [0.25, 0.3) is 10.9 Å². The number of nitrogens with zero attached hydrogens (tertiary/aromatic N) is 1. The topological polar surface area (TPSA) is 4.93 Å². The Bertz CT molecular complexity index is 886.